The van der Waals surface area contributed by atoms with Gasteiger partial charge in [-0.25, -0.2) is 13.1 Å². The van der Waals surface area contributed by atoms with Gasteiger partial charge in [-0.1, -0.05) is 0 Å². The molecule has 0 aromatic heterocycles. The number of aryl methyl sites for hydroxylation is 1. The van der Waals surface area contributed by atoms with Crippen molar-refractivity contribution >= 4 is 27.5 Å². The second-order valence-electron chi connectivity index (χ2n) is 4.87. The van der Waals surface area contributed by atoms with Crippen molar-refractivity contribution in [3.8, 4) is 0 Å². The first kappa shape index (κ1) is 15.3. The van der Waals surface area contributed by atoms with E-state index in [1.54, 1.807) is 23.9 Å². The molecule has 0 spiro atoms. The van der Waals surface area contributed by atoms with Crippen molar-refractivity contribution < 1.29 is 8.42 Å². The molecule has 0 aliphatic rings. The number of thioether (sulfide) groups is 1. The predicted molar refractivity (Wildman–Crippen MR) is 78.4 cm³/mol. The molecule has 0 saturated heterocycles. The summed E-state index contributed by atoms with van der Waals surface area (Å²) < 4.78 is 26.7. The Morgan fingerprint density at radius 1 is 1.33 bits per heavy atom. The van der Waals surface area contributed by atoms with E-state index in [1.165, 1.54) is 6.07 Å². The molecule has 0 unspecified atom stereocenters. The Morgan fingerprint density at radius 3 is 2.44 bits per heavy atom. The molecule has 0 fully saturated rings. The van der Waals surface area contributed by atoms with E-state index >= 15 is 0 Å². The summed E-state index contributed by atoms with van der Waals surface area (Å²) in [6.45, 7) is 6.18. The molecule has 18 heavy (non-hydrogen) atoms. The fourth-order valence-electron chi connectivity index (χ4n) is 1.36. The molecule has 0 heterocycles. The molecule has 0 saturated carbocycles. The topological polar surface area (TPSA) is 72.2 Å². The van der Waals surface area contributed by atoms with Crippen molar-refractivity contribution in [3.05, 3.63) is 23.8 Å². The van der Waals surface area contributed by atoms with E-state index in [9.17, 15) is 8.42 Å². The average molecular weight is 288 g/mol. The van der Waals surface area contributed by atoms with Gasteiger partial charge in [-0.15, -0.1) is 0 Å². The highest BCUT2D eigenvalue weighted by atomic mass is 32.2. The number of anilines is 1. The molecule has 1 aromatic carbocycles. The van der Waals surface area contributed by atoms with Crippen LogP contribution >= 0.6 is 11.8 Å². The van der Waals surface area contributed by atoms with Gasteiger partial charge in [-0.05, 0) is 50.8 Å². The fraction of sp³-hybridized carbons (Fsp3) is 0.500. The summed E-state index contributed by atoms with van der Waals surface area (Å²) in [7, 11) is -3.49. The van der Waals surface area contributed by atoms with E-state index in [1.807, 2.05) is 27.0 Å². The highest BCUT2D eigenvalue weighted by Gasteiger charge is 2.21. The van der Waals surface area contributed by atoms with Crippen LogP contribution in [0.25, 0.3) is 0 Å². The summed E-state index contributed by atoms with van der Waals surface area (Å²) >= 11 is 1.62. The van der Waals surface area contributed by atoms with Gasteiger partial charge in [0, 0.05) is 17.0 Å². The minimum absolute atomic E-state index is 0.136. The van der Waals surface area contributed by atoms with E-state index < -0.39 is 10.0 Å². The van der Waals surface area contributed by atoms with Gasteiger partial charge < -0.3 is 5.73 Å². The van der Waals surface area contributed by atoms with E-state index in [0.717, 1.165) is 5.56 Å². The number of hydrogen-bond donors (Lipinski definition) is 2. The monoisotopic (exact) mass is 288 g/mol. The number of hydrogen-bond acceptors (Lipinski definition) is 4. The molecule has 1 rings (SSSR count). The zero-order chi connectivity index (χ0) is 14.0. The molecule has 102 valence electrons. The highest BCUT2D eigenvalue weighted by molar-refractivity contribution is 8.00. The number of sulfonamides is 1. The van der Waals surface area contributed by atoms with Gasteiger partial charge in [0.15, 0.2) is 0 Å². The van der Waals surface area contributed by atoms with Crippen molar-refractivity contribution in [1.29, 1.82) is 0 Å². The molecule has 3 N–H and O–H groups in total. The number of benzene rings is 1. The maximum Gasteiger partial charge on any atom is 0.240 e. The lowest BCUT2D eigenvalue weighted by Crippen LogP contribution is -2.36. The second kappa shape index (κ2) is 5.50. The summed E-state index contributed by atoms with van der Waals surface area (Å²) in [5.74, 6) is 0. The zero-order valence-electron chi connectivity index (χ0n) is 11.1. The van der Waals surface area contributed by atoms with Gasteiger partial charge in [0.1, 0.15) is 0 Å². The Morgan fingerprint density at radius 2 is 1.94 bits per heavy atom. The van der Waals surface area contributed by atoms with Gasteiger partial charge in [0.05, 0.1) is 4.90 Å². The Hall–Kier alpha value is -0.720. The maximum absolute atomic E-state index is 12.1. The third-order valence-electron chi connectivity index (χ3n) is 2.62. The summed E-state index contributed by atoms with van der Waals surface area (Å²) in [6, 6.07) is 4.83. The normalized spacial score (nSPS) is 12.7. The van der Waals surface area contributed by atoms with Gasteiger partial charge in [-0.2, -0.15) is 11.8 Å². The standard InChI is InChI=1S/C12H20N2O2S2/c1-9-5-10(13)7-11(6-9)18(15,16)14-8-12(2,3)17-4/h5-7,14H,8,13H2,1-4H3. The van der Waals surface area contributed by atoms with Crippen LogP contribution in [0, 0.1) is 6.92 Å². The van der Waals surface area contributed by atoms with Crippen LogP contribution < -0.4 is 10.5 Å². The Labute approximate surface area is 113 Å². The molecule has 6 heteroatoms. The second-order valence-corrected chi connectivity index (χ2v) is 8.15. The molecule has 0 amide bonds. The molecule has 0 aliphatic carbocycles. The number of rotatable bonds is 5. The smallest absolute Gasteiger partial charge is 0.240 e. The third-order valence-corrected chi connectivity index (χ3v) is 5.25. The van der Waals surface area contributed by atoms with Crippen LogP contribution in [0.15, 0.2) is 23.1 Å². The first-order valence-electron chi connectivity index (χ1n) is 5.58. The average Bonchev–Trinajstić information content (AvgIpc) is 2.25. The molecular formula is C12H20N2O2S2. The molecule has 0 bridgehead atoms. The van der Waals surface area contributed by atoms with Crippen molar-refractivity contribution in [1.82, 2.24) is 4.72 Å². The number of nitrogens with one attached hydrogen (secondary N) is 1. The first-order valence-corrected chi connectivity index (χ1v) is 8.29. The lowest BCUT2D eigenvalue weighted by Gasteiger charge is -2.22. The highest BCUT2D eigenvalue weighted by Crippen LogP contribution is 2.21. The quantitative estimate of drug-likeness (QED) is 0.813. The lowest BCUT2D eigenvalue weighted by atomic mass is 10.2. The molecule has 0 radical (unpaired) electrons. The summed E-state index contributed by atoms with van der Waals surface area (Å²) in [5, 5.41) is 0. The molecule has 4 nitrogen and oxygen atoms in total. The Bertz CT molecular complexity index is 505. The van der Waals surface area contributed by atoms with Crippen LogP contribution in [0.3, 0.4) is 0 Å². The van der Waals surface area contributed by atoms with E-state index in [4.69, 9.17) is 5.73 Å². The van der Waals surface area contributed by atoms with E-state index in [0.29, 0.717) is 12.2 Å². The van der Waals surface area contributed by atoms with Gasteiger partial charge in [-0.3, -0.25) is 0 Å². The Balaban J connectivity index is 2.93. The van der Waals surface area contributed by atoms with Crippen LogP contribution in [0.2, 0.25) is 0 Å². The van der Waals surface area contributed by atoms with Gasteiger partial charge in [0.25, 0.3) is 0 Å². The van der Waals surface area contributed by atoms with Crippen LogP contribution in [0.1, 0.15) is 19.4 Å². The predicted octanol–water partition coefficient (Wildman–Crippen LogP) is 2.00. The summed E-state index contributed by atoms with van der Waals surface area (Å²) in [5.41, 5.74) is 6.96. The third kappa shape index (κ3) is 4.19. The summed E-state index contributed by atoms with van der Waals surface area (Å²) in [6.07, 6.45) is 1.96. The molecule has 0 atom stereocenters. The lowest BCUT2D eigenvalue weighted by molar-refractivity contribution is 0.570. The minimum Gasteiger partial charge on any atom is -0.399 e. The largest absolute Gasteiger partial charge is 0.399 e. The first-order chi connectivity index (χ1) is 8.16. The fourth-order valence-corrected chi connectivity index (χ4v) is 3.01. The van der Waals surface area contributed by atoms with Crippen molar-refractivity contribution in [2.75, 3.05) is 18.5 Å². The minimum atomic E-state index is -3.49. The maximum atomic E-state index is 12.1. The van der Waals surface area contributed by atoms with Crippen LogP contribution in [-0.4, -0.2) is 26.0 Å². The van der Waals surface area contributed by atoms with Crippen molar-refractivity contribution in [3.63, 3.8) is 0 Å². The molecule has 0 aliphatic heterocycles. The number of nitrogens with two attached hydrogens (primary N) is 1. The van der Waals surface area contributed by atoms with E-state index in [-0.39, 0.29) is 9.64 Å². The van der Waals surface area contributed by atoms with Crippen LogP contribution in [-0.2, 0) is 10.0 Å². The molecular weight excluding hydrogens is 268 g/mol. The van der Waals surface area contributed by atoms with Gasteiger partial charge in [0.2, 0.25) is 10.0 Å². The zero-order valence-corrected chi connectivity index (χ0v) is 12.8. The Kier molecular flexibility index (Phi) is 4.69. The van der Waals surface area contributed by atoms with Crippen LogP contribution in [0.5, 0.6) is 0 Å². The van der Waals surface area contributed by atoms with Gasteiger partial charge >= 0.3 is 0 Å². The summed E-state index contributed by atoms with van der Waals surface area (Å²) in [4.78, 5) is 0.219. The number of nitrogen functional groups attached to an aromatic ring is 1. The van der Waals surface area contributed by atoms with Crippen molar-refractivity contribution in [2.45, 2.75) is 30.4 Å². The van der Waals surface area contributed by atoms with Crippen LogP contribution in [0.4, 0.5) is 5.69 Å². The van der Waals surface area contributed by atoms with Crippen molar-refractivity contribution in [2.24, 2.45) is 0 Å². The SMILES string of the molecule is CSC(C)(C)CNS(=O)(=O)c1cc(C)cc(N)c1. The van der Waals surface area contributed by atoms with E-state index in [2.05, 4.69) is 4.72 Å². The molecule has 1 aromatic rings.